The fraction of sp³-hybridized carbons (Fsp3) is 0.209. The summed E-state index contributed by atoms with van der Waals surface area (Å²) in [5, 5.41) is 13.8. The smallest absolute Gasteiger partial charge is 0.312 e. The Bertz CT molecular complexity index is 2260. The minimum Gasteiger partial charge on any atom is -0.312 e. The predicted octanol–water partition coefficient (Wildman–Crippen LogP) is 9.75. The molecular weight excluding hydrogens is 631 g/mol. The molecule has 0 unspecified atom stereocenters. The van der Waals surface area contributed by atoms with E-state index in [4.69, 9.17) is 0 Å². The van der Waals surface area contributed by atoms with E-state index < -0.39 is 11.7 Å². The highest BCUT2D eigenvalue weighted by Crippen LogP contribution is 2.41. The van der Waals surface area contributed by atoms with Crippen molar-refractivity contribution < 1.29 is 13.2 Å². The third-order valence-electron chi connectivity index (χ3n) is 9.65. The van der Waals surface area contributed by atoms with E-state index in [0.29, 0.717) is 18.4 Å². The van der Waals surface area contributed by atoms with Crippen LogP contribution in [-0.4, -0.2) is 16.7 Å². The molecule has 1 aromatic heterocycles. The van der Waals surface area contributed by atoms with E-state index in [-0.39, 0.29) is 5.56 Å². The van der Waals surface area contributed by atoms with Crippen LogP contribution in [0.4, 0.5) is 13.2 Å². The maximum atomic E-state index is 12.8. The number of nitrogens with one attached hydrogen (secondary N) is 2. The zero-order chi connectivity index (χ0) is 34.5. The second-order valence-electron chi connectivity index (χ2n) is 13.0. The SMILES string of the molecule is FC(F)(F)c1ccc(CCNCc2cccc(Cc3cccc4ccc5c(c34)CCC3=C5C=CCC3)c2)cc1.O=c1[nH]ncc2ccccc12. The van der Waals surface area contributed by atoms with Gasteiger partial charge in [-0.2, -0.15) is 18.3 Å². The molecule has 0 fully saturated rings. The lowest BCUT2D eigenvalue weighted by atomic mass is 9.78. The molecule has 7 heteroatoms. The Labute approximate surface area is 289 Å². The summed E-state index contributed by atoms with van der Waals surface area (Å²) in [6.45, 7) is 1.43. The van der Waals surface area contributed by atoms with Gasteiger partial charge < -0.3 is 5.32 Å². The first-order chi connectivity index (χ1) is 24.3. The molecule has 8 rings (SSSR count). The molecule has 2 aliphatic carbocycles. The van der Waals surface area contributed by atoms with Gasteiger partial charge in [0, 0.05) is 17.3 Å². The van der Waals surface area contributed by atoms with Gasteiger partial charge in [0.1, 0.15) is 0 Å². The molecule has 5 aromatic carbocycles. The van der Waals surface area contributed by atoms with Gasteiger partial charge in [-0.25, -0.2) is 5.10 Å². The molecule has 6 aromatic rings. The predicted molar refractivity (Wildman–Crippen MR) is 196 cm³/mol. The van der Waals surface area contributed by atoms with E-state index in [0.717, 1.165) is 55.3 Å². The summed E-state index contributed by atoms with van der Waals surface area (Å²) in [7, 11) is 0. The Balaban J connectivity index is 0.000000302. The van der Waals surface area contributed by atoms with E-state index in [9.17, 15) is 18.0 Å². The second-order valence-corrected chi connectivity index (χ2v) is 13.0. The number of hydrogen-bond acceptors (Lipinski definition) is 3. The summed E-state index contributed by atoms with van der Waals surface area (Å²) in [4.78, 5) is 11.1. The number of rotatable bonds is 7. The lowest BCUT2D eigenvalue weighted by molar-refractivity contribution is -0.137. The summed E-state index contributed by atoms with van der Waals surface area (Å²) in [6, 6.07) is 32.8. The van der Waals surface area contributed by atoms with Crippen molar-refractivity contribution in [2.45, 2.75) is 51.2 Å². The topological polar surface area (TPSA) is 57.8 Å². The Morgan fingerprint density at radius 3 is 2.42 bits per heavy atom. The highest BCUT2D eigenvalue weighted by molar-refractivity contribution is 5.96. The molecule has 0 bridgehead atoms. The van der Waals surface area contributed by atoms with Gasteiger partial charge in [0.2, 0.25) is 0 Å². The summed E-state index contributed by atoms with van der Waals surface area (Å²) >= 11 is 0. The van der Waals surface area contributed by atoms with Gasteiger partial charge in [-0.1, -0.05) is 103 Å². The third-order valence-corrected chi connectivity index (χ3v) is 9.65. The number of aryl methyl sites for hydroxylation is 1. The van der Waals surface area contributed by atoms with Gasteiger partial charge in [0.15, 0.2) is 0 Å². The number of aromatic amines is 1. The molecule has 0 amide bonds. The van der Waals surface area contributed by atoms with Crippen molar-refractivity contribution in [1.82, 2.24) is 15.5 Å². The van der Waals surface area contributed by atoms with Crippen molar-refractivity contribution in [3.05, 3.63) is 176 Å². The number of allylic oxidation sites excluding steroid dienone is 4. The van der Waals surface area contributed by atoms with Crippen LogP contribution in [0.25, 0.3) is 27.1 Å². The Kier molecular flexibility index (Phi) is 9.76. The molecule has 0 saturated carbocycles. The summed E-state index contributed by atoms with van der Waals surface area (Å²) in [6.07, 6.45) is 8.18. The average Bonchev–Trinajstić information content (AvgIpc) is 3.14. The number of fused-ring (bicyclic) bond motifs is 5. The number of nitrogens with zero attached hydrogens (tertiary/aromatic N) is 1. The molecule has 50 heavy (non-hydrogen) atoms. The van der Waals surface area contributed by atoms with Crippen LogP contribution in [0, 0.1) is 0 Å². The van der Waals surface area contributed by atoms with E-state index in [1.54, 1.807) is 30.0 Å². The summed E-state index contributed by atoms with van der Waals surface area (Å²) in [5.74, 6) is 0. The van der Waals surface area contributed by atoms with E-state index in [1.807, 2.05) is 18.2 Å². The minimum atomic E-state index is -4.29. The maximum absolute atomic E-state index is 12.8. The van der Waals surface area contributed by atoms with Gasteiger partial charge in [-0.05, 0) is 113 Å². The first kappa shape index (κ1) is 33.2. The maximum Gasteiger partial charge on any atom is 0.416 e. The van der Waals surface area contributed by atoms with Gasteiger partial charge in [-0.15, -0.1) is 0 Å². The molecule has 0 radical (unpaired) electrons. The fourth-order valence-corrected chi connectivity index (χ4v) is 7.15. The number of alkyl halides is 3. The van der Waals surface area contributed by atoms with E-state index in [2.05, 4.69) is 82.3 Å². The number of halogens is 3. The van der Waals surface area contributed by atoms with Crippen molar-refractivity contribution in [3.63, 3.8) is 0 Å². The van der Waals surface area contributed by atoms with Crippen LogP contribution in [0.5, 0.6) is 0 Å². The van der Waals surface area contributed by atoms with Crippen molar-refractivity contribution in [3.8, 4) is 0 Å². The standard InChI is InChI=1S/C35H32F3N.C8H6N2O/c36-35(37,38)30-15-11-24(12-16-30)19-20-39-23-26-6-3-5-25(21-26)22-29-9-4-8-28-14-17-32-31-10-2-1-7-27(31)13-18-33(32)34(28)29;11-8-7-4-2-1-3-6(7)5-9-10-8/h2-6,8-12,14-17,21,39H,1,7,13,18-20,22-23H2;1-5H,(H,10,11). The third kappa shape index (κ3) is 7.48. The lowest BCUT2D eigenvalue weighted by Crippen LogP contribution is -2.17. The quantitative estimate of drug-likeness (QED) is 0.167. The molecule has 0 spiro atoms. The Morgan fingerprint density at radius 1 is 0.780 bits per heavy atom. The average molecular weight is 670 g/mol. The van der Waals surface area contributed by atoms with Gasteiger partial charge in [0.25, 0.3) is 5.56 Å². The van der Waals surface area contributed by atoms with Crippen LogP contribution >= 0.6 is 0 Å². The van der Waals surface area contributed by atoms with Crippen LogP contribution in [-0.2, 0) is 32.0 Å². The van der Waals surface area contributed by atoms with Gasteiger partial charge in [0.05, 0.1) is 11.8 Å². The van der Waals surface area contributed by atoms with Crippen LogP contribution in [0.1, 0.15) is 58.2 Å². The molecule has 2 aliphatic rings. The van der Waals surface area contributed by atoms with Crippen LogP contribution in [0.2, 0.25) is 0 Å². The van der Waals surface area contributed by atoms with Crippen LogP contribution < -0.4 is 10.9 Å². The molecule has 4 nitrogen and oxygen atoms in total. The Hall–Kier alpha value is -5.27. The summed E-state index contributed by atoms with van der Waals surface area (Å²) < 4.78 is 38.3. The number of H-pyrrole nitrogens is 1. The molecule has 0 saturated heterocycles. The van der Waals surface area contributed by atoms with Gasteiger partial charge >= 0.3 is 6.18 Å². The highest BCUT2D eigenvalue weighted by Gasteiger charge is 2.30. The molecule has 0 atom stereocenters. The molecule has 2 N–H and O–H groups in total. The monoisotopic (exact) mass is 669 g/mol. The molecule has 0 aliphatic heterocycles. The highest BCUT2D eigenvalue weighted by atomic mass is 19.4. The Morgan fingerprint density at radius 2 is 1.58 bits per heavy atom. The zero-order valence-electron chi connectivity index (χ0n) is 27.7. The van der Waals surface area contributed by atoms with Crippen LogP contribution in [0.15, 0.2) is 132 Å². The van der Waals surface area contributed by atoms with Crippen LogP contribution in [0.3, 0.4) is 0 Å². The normalized spacial score (nSPS) is 13.9. The fourth-order valence-electron chi connectivity index (χ4n) is 7.15. The zero-order valence-corrected chi connectivity index (χ0v) is 27.7. The summed E-state index contributed by atoms with van der Waals surface area (Å²) in [5.41, 5.74) is 10.0. The van der Waals surface area contributed by atoms with Crippen molar-refractivity contribution in [1.29, 1.82) is 0 Å². The first-order valence-electron chi connectivity index (χ1n) is 17.1. The molecule has 252 valence electrons. The van der Waals surface area contributed by atoms with Crippen molar-refractivity contribution in [2.24, 2.45) is 0 Å². The first-order valence-corrected chi connectivity index (χ1v) is 17.1. The van der Waals surface area contributed by atoms with E-state index in [1.165, 1.54) is 50.6 Å². The largest absolute Gasteiger partial charge is 0.416 e. The number of hydrogen-bond donors (Lipinski definition) is 2. The number of aromatic nitrogens is 2. The van der Waals surface area contributed by atoms with Crippen molar-refractivity contribution >= 4 is 27.1 Å². The van der Waals surface area contributed by atoms with Crippen molar-refractivity contribution in [2.75, 3.05) is 6.54 Å². The minimum absolute atomic E-state index is 0.136. The van der Waals surface area contributed by atoms with E-state index >= 15 is 0 Å². The molecular formula is C43H38F3N3O. The lowest BCUT2D eigenvalue weighted by Gasteiger charge is -2.26. The molecule has 1 heterocycles. The number of benzene rings is 5. The van der Waals surface area contributed by atoms with Gasteiger partial charge in [-0.3, -0.25) is 4.79 Å². The second kappa shape index (κ2) is 14.7.